The quantitative estimate of drug-likeness (QED) is 0.684. The first-order valence-corrected chi connectivity index (χ1v) is 7.48. The summed E-state index contributed by atoms with van der Waals surface area (Å²) >= 11 is 0. The zero-order valence-corrected chi connectivity index (χ0v) is 14.1. The van der Waals surface area contributed by atoms with Crippen molar-refractivity contribution in [3.05, 3.63) is 28.8 Å². The van der Waals surface area contributed by atoms with Gasteiger partial charge in [0.05, 0.1) is 6.61 Å². The maximum Gasteiger partial charge on any atom is 0.126 e. The summed E-state index contributed by atoms with van der Waals surface area (Å²) in [7, 11) is 0. The van der Waals surface area contributed by atoms with Crippen LogP contribution >= 0.6 is 0 Å². The van der Waals surface area contributed by atoms with Gasteiger partial charge in [-0.15, -0.1) is 11.8 Å². The fourth-order valence-corrected chi connectivity index (χ4v) is 2.39. The largest absolute Gasteiger partial charge is 0.493 e. The lowest BCUT2D eigenvalue weighted by molar-refractivity contribution is 0.324. The molecule has 0 amide bonds. The van der Waals surface area contributed by atoms with E-state index in [1.165, 1.54) is 16.7 Å². The summed E-state index contributed by atoms with van der Waals surface area (Å²) in [6, 6.07) is 4.51. The van der Waals surface area contributed by atoms with E-state index in [4.69, 9.17) is 4.74 Å². The fourth-order valence-electron chi connectivity index (χ4n) is 2.39. The Bertz CT molecular complexity index is 509. The van der Waals surface area contributed by atoms with E-state index < -0.39 is 0 Å². The van der Waals surface area contributed by atoms with Crippen molar-refractivity contribution in [3.8, 4) is 17.6 Å². The zero-order chi connectivity index (χ0) is 15.3. The molecule has 1 rings (SSSR count). The van der Waals surface area contributed by atoms with Crippen LogP contribution in [0.4, 0.5) is 0 Å². The van der Waals surface area contributed by atoms with Gasteiger partial charge in [-0.05, 0) is 37.7 Å². The molecular formula is C19H28O. The second-order valence-corrected chi connectivity index (χ2v) is 6.45. The number of hydrogen-bond acceptors (Lipinski definition) is 1. The maximum absolute atomic E-state index is 6.00. The van der Waals surface area contributed by atoms with Gasteiger partial charge in [0, 0.05) is 12.0 Å². The van der Waals surface area contributed by atoms with Crippen LogP contribution < -0.4 is 4.74 Å². The van der Waals surface area contributed by atoms with Crippen LogP contribution in [-0.4, -0.2) is 6.61 Å². The Morgan fingerprint density at radius 3 is 2.40 bits per heavy atom. The number of hydrogen-bond donors (Lipinski definition) is 0. The molecule has 20 heavy (non-hydrogen) atoms. The monoisotopic (exact) mass is 272 g/mol. The molecule has 0 aliphatic heterocycles. The molecule has 0 spiro atoms. The van der Waals surface area contributed by atoms with Gasteiger partial charge in [-0.3, -0.25) is 0 Å². The summed E-state index contributed by atoms with van der Waals surface area (Å²) < 4.78 is 6.00. The van der Waals surface area contributed by atoms with E-state index in [9.17, 15) is 0 Å². The molecule has 1 aromatic carbocycles. The van der Waals surface area contributed by atoms with Crippen LogP contribution in [0.2, 0.25) is 0 Å². The summed E-state index contributed by atoms with van der Waals surface area (Å²) in [6.07, 6.45) is 0.879. The van der Waals surface area contributed by atoms with Gasteiger partial charge in [0.1, 0.15) is 5.75 Å². The summed E-state index contributed by atoms with van der Waals surface area (Å²) in [5, 5.41) is 0. The lowest BCUT2D eigenvalue weighted by Gasteiger charge is -2.27. The van der Waals surface area contributed by atoms with Crippen LogP contribution in [0.3, 0.4) is 0 Å². The van der Waals surface area contributed by atoms with E-state index >= 15 is 0 Å². The molecule has 1 aromatic rings. The smallest absolute Gasteiger partial charge is 0.126 e. The van der Waals surface area contributed by atoms with E-state index in [-0.39, 0.29) is 5.41 Å². The average Bonchev–Trinajstić information content (AvgIpc) is 2.36. The molecular weight excluding hydrogens is 244 g/mol. The molecule has 0 N–H and O–H groups in total. The Morgan fingerprint density at radius 1 is 1.25 bits per heavy atom. The highest BCUT2D eigenvalue weighted by Gasteiger charge is 2.23. The second-order valence-electron chi connectivity index (χ2n) is 6.45. The van der Waals surface area contributed by atoms with Gasteiger partial charge in [0.2, 0.25) is 0 Å². The van der Waals surface area contributed by atoms with Crippen LogP contribution in [0.25, 0.3) is 0 Å². The molecule has 0 heterocycles. The lowest BCUT2D eigenvalue weighted by atomic mass is 9.82. The molecule has 0 radical (unpaired) electrons. The summed E-state index contributed by atoms with van der Waals surface area (Å²) in [4.78, 5) is 0. The maximum atomic E-state index is 6.00. The van der Waals surface area contributed by atoms with Crippen molar-refractivity contribution < 1.29 is 4.74 Å². The van der Waals surface area contributed by atoms with E-state index in [2.05, 4.69) is 58.6 Å². The molecule has 110 valence electrons. The van der Waals surface area contributed by atoms with Gasteiger partial charge in [-0.25, -0.2) is 0 Å². The number of benzene rings is 1. The minimum absolute atomic E-state index is 0.0848. The summed E-state index contributed by atoms with van der Waals surface area (Å²) in [6.45, 7) is 15.8. The number of rotatable bonds is 4. The van der Waals surface area contributed by atoms with Crippen LogP contribution in [0.5, 0.6) is 5.75 Å². The molecule has 0 aliphatic rings. The van der Waals surface area contributed by atoms with Gasteiger partial charge in [-0.1, -0.05) is 45.4 Å². The molecule has 0 saturated carbocycles. The molecule has 0 aromatic heterocycles. The molecule has 1 unspecified atom stereocenters. The third-order valence-electron chi connectivity index (χ3n) is 3.47. The van der Waals surface area contributed by atoms with Crippen molar-refractivity contribution in [1.82, 2.24) is 0 Å². The zero-order valence-electron chi connectivity index (χ0n) is 14.1. The summed E-state index contributed by atoms with van der Waals surface area (Å²) in [5.41, 5.74) is 3.97. The third-order valence-corrected chi connectivity index (χ3v) is 3.47. The first kappa shape index (κ1) is 16.6. The van der Waals surface area contributed by atoms with Crippen molar-refractivity contribution in [2.45, 2.75) is 66.2 Å². The van der Waals surface area contributed by atoms with E-state index in [0.717, 1.165) is 12.2 Å². The standard InChI is InChI=1S/C19H28O/c1-8-10-11-15(4)16-12-14(3)13-17(19(5,6)7)18(16)20-9-2/h12-13,15H,9,11H2,1-7H3. The molecule has 0 saturated heterocycles. The highest BCUT2D eigenvalue weighted by molar-refractivity contribution is 5.49. The lowest BCUT2D eigenvalue weighted by Crippen LogP contribution is -2.16. The fraction of sp³-hybridized carbons (Fsp3) is 0.579. The van der Waals surface area contributed by atoms with Gasteiger partial charge >= 0.3 is 0 Å². The predicted molar refractivity (Wildman–Crippen MR) is 87.5 cm³/mol. The van der Waals surface area contributed by atoms with Gasteiger partial charge in [0.15, 0.2) is 0 Å². The third kappa shape index (κ3) is 4.04. The van der Waals surface area contributed by atoms with E-state index in [1.54, 1.807) is 0 Å². The van der Waals surface area contributed by atoms with Crippen LogP contribution in [0.15, 0.2) is 12.1 Å². The van der Waals surface area contributed by atoms with Crippen molar-refractivity contribution in [2.24, 2.45) is 0 Å². The molecule has 0 bridgehead atoms. The van der Waals surface area contributed by atoms with E-state index in [1.807, 2.05) is 13.8 Å². The first-order chi connectivity index (χ1) is 9.31. The highest BCUT2D eigenvalue weighted by Crippen LogP contribution is 2.39. The average molecular weight is 272 g/mol. The van der Waals surface area contributed by atoms with Gasteiger partial charge < -0.3 is 4.74 Å². The predicted octanol–water partition coefficient (Wildman–Crippen LogP) is 5.21. The van der Waals surface area contributed by atoms with Crippen molar-refractivity contribution in [2.75, 3.05) is 6.61 Å². The van der Waals surface area contributed by atoms with Crippen molar-refractivity contribution in [3.63, 3.8) is 0 Å². The number of ether oxygens (including phenoxy) is 1. The summed E-state index contributed by atoms with van der Waals surface area (Å²) in [5.74, 6) is 7.64. The Kier molecular flexibility index (Phi) is 5.69. The van der Waals surface area contributed by atoms with Crippen molar-refractivity contribution >= 4 is 0 Å². The highest BCUT2D eigenvalue weighted by atomic mass is 16.5. The second kappa shape index (κ2) is 6.84. The Morgan fingerprint density at radius 2 is 1.90 bits per heavy atom. The molecule has 1 nitrogen and oxygen atoms in total. The first-order valence-electron chi connectivity index (χ1n) is 7.48. The Labute approximate surface area is 124 Å². The Hall–Kier alpha value is -1.42. The minimum Gasteiger partial charge on any atom is -0.493 e. The SMILES string of the molecule is CC#CCC(C)c1cc(C)cc(C(C)(C)C)c1OCC. The molecule has 0 fully saturated rings. The van der Waals surface area contributed by atoms with Crippen LogP contribution in [0, 0.1) is 18.8 Å². The normalized spacial score (nSPS) is 12.6. The molecule has 1 heteroatoms. The molecule has 1 atom stereocenters. The minimum atomic E-state index is 0.0848. The molecule has 0 aliphatic carbocycles. The Balaban J connectivity index is 3.40. The van der Waals surface area contributed by atoms with Gasteiger partial charge in [-0.2, -0.15) is 0 Å². The number of aryl methyl sites for hydroxylation is 1. The van der Waals surface area contributed by atoms with Crippen LogP contribution in [0.1, 0.15) is 70.6 Å². The topological polar surface area (TPSA) is 9.23 Å². The van der Waals surface area contributed by atoms with Gasteiger partial charge in [0.25, 0.3) is 0 Å². The van der Waals surface area contributed by atoms with Crippen molar-refractivity contribution in [1.29, 1.82) is 0 Å². The van der Waals surface area contributed by atoms with Crippen LogP contribution in [-0.2, 0) is 5.41 Å². The van der Waals surface area contributed by atoms with E-state index in [0.29, 0.717) is 12.5 Å².